The summed E-state index contributed by atoms with van der Waals surface area (Å²) in [4.78, 5) is 40.4. The summed E-state index contributed by atoms with van der Waals surface area (Å²) in [5.41, 5.74) is 0.986. The Hall–Kier alpha value is -5.10. The normalized spacial score (nSPS) is 10.9. The molecule has 2 N–H and O–H groups in total. The smallest absolute Gasteiger partial charge is 0.269 e. The third kappa shape index (κ3) is 6.62. The second-order valence-corrected chi connectivity index (χ2v) is 10.1. The fourth-order valence-electron chi connectivity index (χ4n) is 3.67. The van der Waals surface area contributed by atoms with Crippen LogP contribution in [0.5, 0.6) is 0 Å². The molecule has 0 unspecified atom stereocenters. The van der Waals surface area contributed by atoms with Crippen LogP contribution < -0.4 is 14.9 Å². The van der Waals surface area contributed by atoms with E-state index in [1.165, 1.54) is 36.4 Å². The zero-order valence-electron chi connectivity index (χ0n) is 20.4. The van der Waals surface area contributed by atoms with Crippen LogP contribution in [0.3, 0.4) is 0 Å². The van der Waals surface area contributed by atoms with E-state index in [1.807, 2.05) is 0 Å². The van der Waals surface area contributed by atoms with Crippen LogP contribution in [0.15, 0.2) is 108 Å². The largest absolute Gasteiger partial charge is 0.348 e. The van der Waals surface area contributed by atoms with E-state index in [9.17, 15) is 28.1 Å². The van der Waals surface area contributed by atoms with Crippen molar-refractivity contribution >= 4 is 38.9 Å². The Bertz CT molecular complexity index is 1580. The molecule has 0 saturated heterocycles. The second kappa shape index (κ2) is 12.0. The van der Waals surface area contributed by atoms with Gasteiger partial charge in [-0.3, -0.25) is 29.0 Å². The maximum absolute atomic E-state index is 13.5. The van der Waals surface area contributed by atoms with Gasteiger partial charge in [0.05, 0.1) is 26.8 Å². The molecule has 0 fully saturated rings. The van der Waals surface area contributed by atoms with E-state index in [4.69, 9.17) is 0 Å². The van der Waals surface area contributed by atoms with Gasteiger partial charge in [0.15, 0.2) is 0 Å². The SMILES string of the molecule is O=C(CN(c1ccc([N+](=O)[O-])cc1)S(=O)(=O)c1ccccc1)Nc1ccccc1C(=O)NCc1cccnc1. The van der Waals surface area contributed by atoms with Crippen molar-refractivity contribution in [3.05, 3.63) is 125 Å². The Balaban J connectivity index is 1.57. The lowest BCUT2D eigenvalue weighted by molar-refractivity contribution is -0.384. The van der Waals surface area contributed by atoms with Gasteiger partial charge in [-0.2, -0.15) is 0 Å². The number of nitro groups is 1. The predicted molar refractivity (Wildman–Crippen MR) is 145 cm³/mol. The van der Waals surface area contributed by atoms with Gasteiger partial charge in [0, 0.05) is 31.1 Å². The van der Waals surface area contributed by atoms with Crippen molar-refractivity contribution in [3.8, 4) is 0 Å². The van der Waals surface area contributed by atoms with E-state index in [1.54, 1.807) is 54.9 Å². The molecule has 0 spiro atoms. The van der Waals surface area contributed by atoms with Crippen LogP contribution in [0.25, 0.3) is 0 Å². The molecule has 4 rings (SSSR count). The quantitative estimate of drug-likeness (QED) is 0.227. The number of benzene rings is 3. The van der Waals surface area contributed by atoms with Gasteiger partial charge in [-0.1, -0.05) is 36.4 Å². The van der Waals surface area contributed by atoms with Crippen LogP contribution in [-0.2, 0) is 21.4 Å². The van der Waals surface area contributed by atoms with Crippen molar-refractivity contribution in [1.29, 1.82) is 0 Å². The molecule has 4 aromatic rings. The Labute approximate surface area is 224 Å². The first-order valence-electron chi connectivity index (χ1n) is 11.6. The number of amides is 2. The number of hydrogen-bond acceptors (Lipinski definition) is 7. The monoisotopic (exact) mass is 545 g/mol. The highest BCUT2D eigenvalue weighted by Crippen LogP contribution is 2.26. The molecule has 0 radical (unpaired) electrons. The molecule has 0 aliphatic rings. The summed E-state index contributed by atoms with van der Waals surface area (Å²) < 4.78 is 27.8. The second-order valence-electron chi connectivity index (χ2n) is 8.24. The number of hydrogen-bond donors (Lipinski definition) is 2. The number of nitrogens with one attached hydrogen (secondary N) is 2. The Kier molecular flexibility index (Phi) is 8.27. The molecule has 0 saturated carbocycles. The highest BCUT2D eigenvalue weighted by atomic mass is 32.2. The number of rotatable bonds is 10. The molecular weight excluding hydrogens is 522 g/mol. The van der Waals surface area contributed by atoms with Crippen LogP contribution in [0, 0.1) is 10.1 Å². The number of pyridine rings is 1. The van der Waals surface area contributed by atoms with E-state index < -0.39 is 33.3 Å². The molecule has 3 aromatic carbocycles. The first-order valence-corrected chi connectivity index (χ1v) is 13.1. The van der Waals surface area contributed by atoms with Crippen molar-refractivity contribution in [2.24, 2.45) is 0 Å². The molecule has 11 nitrogen and oxygen atoms in total. The lowest BCUT2D eigenvalue weighted by Crippen LogP contribution is -2.38. The van der Waals surface area contributed by atoms with Crippen LogP contribution in [0.2, 0.25) is 0 Å². The molecule has 198 valence electrons. The van der Waals surface area contributed by atoms with Gasteiger partial charge < -0.3 is 10.6 Å². The lowest BCUT2D eigenvalue weighted by atomic mass is 10.1. The molecular formula is C27H23N5O6S. The number of nitro benzene ring substituents is 1. The average molecular weight is 546 g/mol. The third-order valence-electron chi connectivity index (χ3n) is 5.59. The topological polar surface area (TPSA) is 152 Å². The van der Waals surface area contributed by atoms with Gasteiger partial charge in [-0.15, -0.1) is 0 Å². The molecule has 0 aliphatic carbocycles. The number of para-hydroxylation sites is 1. The molecule has 0 bridgehead atoms. The molecule has 0 aliphatic heterocycles. The zero-order chi connectivity index (χ0) is 27.8. The summed E-state index contributed by atoms with van der Waals surface area (Å²) >= 11 is 0. The summed E-state index contributed by atoms with van der Waals surface area (Å²) in [7, 11) is -4.22. The molecule has 0 atom stereocenters. The number of carbonyl (C=O) groups excluding carboxylic acids is 2. The Morgan fingerprint density at radius 3 is 2.26 bits per heavy atom. The third-order valence-corrected chi connectivity index (χ3v) is 7.38. The number of anilines is 2. The minimum absolute atomic E-state index is 0.0575. The Morgan fingerprint density at radius 1 is 0.897 bits per heavy atom. The molecule has 1 aromatic heterocycles. The van der Waals surface area contributed by atoms with Gasteiger partial charge in [-0.05, 0) is 48.0 Å². The Morgan fingerprint density at radius 2 is 1.59 bits per heavy atom. The van der Waals surface area contributed by atoms with Gasteiger partial charge >= 0.3 is 0 Å². The highest BCUT2D eigenvalue weighted by molar-refractivity contribution is 7.92. The maximum atomic E-state index is 13.5. The van der Waals surface area contributed by atoms with Crippen molar-refractivity contribution in [3.63, 3.8) is 0 Å². The first kappa shape index (κ1) is 26.9. The standard InChI is InChI=1S/C27H23N5O6S/c33-26(30-25-11-5-4-10-24(25)27(34)29-18-20-7-6-16-28-17-20)19-31(21-12-14-22(15-13-21)32(35)36)39(37,38)23-8-2-1-3-9-23/h1-17H,18-19H2,(H,29,34)(H,30,33). The predicted octanol–water partition coefficient (Wildman–Crippen LogP) is 3.75. The number of aromatic nitrogens is 1. The van der Waals surface area contributed by atoms with Gasteiger partial charge in [0.2, 0.25) is 5.91 Å². The minimum atomic E-state index is -4.22. The van der Waals surface area contributed by atoms with Gasteiger partial charge in [0.25, 0.3) is 21.6 Å². The molecule has 39 heavy (non-hydrogen) atoms. The summed E-state index contributed by atoms with van der Waals surface area (Å²) in [6, 6.07) is 22.2. The highest BCUT2D eigenvalue weighted by Gasteiger charge is 2.28. The number of nitrogens with zero attached hydrogens (tertiary/aromatic N) is 3. The number of carbonyl (C=O) groups is 2. The summed E-state index contributed by atoms with van der Waals surface area (Å²) in [5, 5.41) is 16.5. The molecule has 2 amide bonds. The van der Waals surface area contributed by atoms with E-state index >= 15 is 0 Å². The van der Waals surface area contributed by atoms with Crippen molar-refractivity contribution in [1.82, 2.24) is 10.3 Å². The van der Waals surface area contributed by atoms with Gasteiger partial charge in [-0.25, -0.2) is 8.42 Å². The fraction of sp³-hybridized carbons (Fsp3) is 0.0741. The number of non-ortho nitro benzene ring substituents is 1. The first-order chi connectivity index (χ1) is 18.8. The minimum Gasteiger partial charge on any atom is -0.348 e. The van der Waals surface area contributed by atoms with E-state index in [-0.39, 0.29) is 34.1 Å². The van der Waals surface area contributed by atoms with Crippen molar-refractivity contribution in [2.75, 3.05) is 16.2 Å². The van der Waals surface area contributed by atoms with E-state index in [2.05, 4.69) is 15.6 Å². The van der Waals surface area contributed by atoms with Crippen LogP contribution >= 0.6 is 0 Å². The van der Waals surface area contributed by atoms with Crippen LogP contribution in [0.1, 0.15) is 15.9 Å². The number of sulfonamides is 1. The maximum Gasteiger partial charge on any atom is 0.269 e. The molecule has 1 heterocycles. The molecule has 12 heteroatoms. The summed E-state index contributed by atoms with van der Waals surface area (Å²) in [6.07, 6.45) is 3.24. The van der Waals surface area contributed by atoms with Crippen LogP contribution in [0.4, 0.5) is 17.1 Å². The van der Waals surface area contributed by atoms with Crippen LogP contribution in [-0.4, -0.2) is 36.7 Å². The van der Waals surface area contributed by atoms with E-state index in [0.29, 0.717) is 0 Å². The van der Waals surface area contributed by atoms with Crippen molar-refractivity contribution in [2.45, 2.75) is 11.4 Å². The fourth-order valence-corrected chi connectivity index (χ4v) is 5.11. The summed E-state index contributed by atoms with van der Waals surface area (Å²) in [5.74, 6) is -1.17. The summed E-state index contributed by atoms with van der Waals surface area (Å²) in [6.45, 7) is -0.432. The van der Waals surface area contributed by atoms with Gasteiger partial charge in [0.1, 0.15) is 6.54 Å². The van der Waals surface area contributed by atoms with Crippen molar-refractivity contribution < 1.29 is 22.9 Å². The van der Waals surface area contributed by atoms with E-state index in [0.717, 1.165) is 22.0 Å². The zero-order valence-corrected chi connectivity index (χ0v) is 21.2. The average Bonchev–Trinajstić information content (AvgIpc) is 2.96. The lowest BCUT2D eigenvalue weighted by Gasteiger charge is -2.24.